The maximum atomic E-state index is 12.2. The summed E-state index contributed by atoms with van der Waals surface area (Å²) in [6.45, 7) is 0. The summed E-state index contributed by atoms with van der Waals surface area (Å²) in [6, 6.07) is 6.67. The summed E-state index contributed by atoms with van der Waals surface area (Å²) in [5.41, 5.74) is 0.562. The summed E-state index contributed by atoms with van der Waals surface area (Å²) in [6.07, 6.45) is -2.11. The molecule has 2 atom stereocenters. The highest BCUT2D eigenvalue weighted by molar-refractivity contribution is 7.99. The van der Waals surface area contributed by atoms with Gasteiger partial charge in [-0.25, -0.2) is 4.79 Å². The molecule has 0 bridgehead atoms. The molecule has 0 spiro atoms. The molecule has 1 aromatic carbocycles. The Labute approximate surface area is 131 Å². The van der Waals surface area contributed by atoms with Crippen LogP contribution >= 0.6 is 24.4 Å². The topological polar surface area (TPSA) is 87.1 Å². The van der Waals surface area contributed by atoms with Gasteiger partial charge in [-0.15, -0.1) is 11.8 Å². The predicted octanol–water partition coefficient (Wildman–Crippen LogP) is 2.31. The number of aromatic hydroxyl groups is 1. The van der Waals surface area contributed by atoms with Crippen molar-refractivity contribution in [2.75, 3.05) is 11.5 Å². The molecule has 114 valence electrons. The fourth-order valence-electron chi connectivity index (χ4n) is 2.14. The van der Waals surface area contributed by atoms with Crippen molar-refractivity contribution in [3.8, 4) is 5.75 Å². The van der Waals surface area contributed by atoms with Gasteiger partial charge >= 0.3 is 6.16 Å². The highest BCUT2D eigenvalue weighted by Crippen LogP contribution is 2.44. The van der Waals surface area contributed by atoms with Crippen molar-refractivity contribution >= 4 is 36.5 Å². The van der Waals surface area contributed by atoms with Crippen molar-refractivity contribution in [3.63, 3.8) is 0 Å². The summed E-state index contributed by atoms with van der Waals surface area (Å²) >= 11 is 5.38. The Morgan fingerprint density at radius 2 is 2.14 bits per heavy atom. The zero-order valence-electron chi connectivity index (χ0n) is 11.0. The van der Waals surface area contributed by atoms with Gasteiger partial charge in [-0.05, 0) is 11.8 Å². The minimum absolute atomic E-state index is 0.0645. The van der Waals surface area contributed by atoms with Crippen LogP contribution in [-0.2, 0) is 9.53 Å². The van der Waals surface area contributed by atoms with E-state index in [0.29, 0.717) is 17.1 Å². The number of ether oxygens (including phenoxy) is 1. The zero-order chi connectivity index (χ0) is 15.4. The molecule has 1 heterocycles. The fourth-order valence-corrected chi connectivity index (χ4v) is 3.70. The quantitative estimate of drug-likeness (QED) is 0.580. The first-order valence-corrected chi connectivity index (χ1v) is 7.93. The highest BCUT2D eigenvalue weighted by Gasteiger charge is 2.41. The number of carbonyl (C=O) groups excluding carboxylic acids is 1. The lowest BCUT2D eigenvalue weighted by Crippen LogP contribution is -2.40. The van der Waals surface area contributed by atoms with E-state index in [9.17, 15) is 14.7 Å². The van der Waals surface area contributed by atoms with Crippen LogP contribution in [0.25, 0.3) is 0 Å². The van der Waals surface area contributed by atoms with Crippen LogP contribution in [0.1, 0.15) is 17.4 Å². The van der Waals surface area contributed by atoms with Crippen LogP contribution in [-0.4, -0.2) is 44.9 Å². The monoisotopic (exact) mass is 329 g/mol. The Morgan fingerprint density at radius 3 is 2.76 bits per heavy atom. The molecule has 1 aromatic rings. The second kappa shape index (κ2) is 6.95. The summed E-state index contributed by atoms with van der Waals surface area (Å²) in [5, 5.41) is 18.3. The van der Waals surface area contributed by atoms with Crippen molar-refractivity contribution in [1.29, 1.82) is 0 Å². The number of amides is 1. The van der Waals surface area contributed by atoms with Gasteiger partial charge in [0.15, 0.2) is 6.23 Å². The van der Waals surface area contributed by atoms with E-state index >= 15 is 0 Å². The Bertz CT molecular complexity index is 539. The van der Waals surface area contributed by atoms with E-state index in [2.05, 4.69) is 12.6 Å². The number of carboxylic acid groups (broad SMARTS) is 1. The van der Waals surface area contributed by atoms with Gasteiger partial charge in [0.1, 0.15) is 11.1 Å². The molecule has 0 aliphatic carbocycles. The van der Waals surface area contributed by atoms with Crippen molar-refractivity contribution < 1.29 is 24.5 Å². The number of nitrogens with zero attached hydrogens (tertiary/aromatic N) is 1. The molecule has 2 rings (SSSR count). The van der Waals surface area contributed by atoms with E-state index in [1.165, 1.54) is 22.7 Å². The Kier molecular flexibility index (Phi) is 5.24. The summed E-state index contributed by atoms with van der Waals surface area (Å²) < 4.78 is 4.78. The number of rotatable bonds is 4. The number of hydrogen-bond acceptors (Lipinski definition) is 6. The van der Waals surface area contributed by atoms with Gasteiger partial charge in [0, 0.05) is 12.0 Å². The number of benzene rings is 1. The predicted molar refractivity (Wildman–Crippen MR) is 81.5 cm³/mol. The molecule has 1 fully saturated rings. The normalized spacial score (nSPS) is 21.3. The van der Waals surface area contributed by atoms with Gasteiger partial charge in [0.2, 0.25) is 5.91 Å². The maximum Gasteiger partial charge on any atom is 0.507 e. The molecule has 2 N–H and O–H groups in total. The van der Waals surface area contributed by atoms with E-state index in [1.807, 2.05) is 0 Å². The molecule has 1 aliphatic rings. The third-order valence-electron chi connectivity index (χ3n) is 3.01. The SMILES string of the molecule is O=C(O)O[C@@H]1CS[C@H](c2ccccc2O)N1C(=O)CCS. The molecule has 8 heteroatoms. The molecule has 1 amide bonds. The standard InChI is InChI=1S/C13H15NO5S2/c15-9-4-2-1-3-8(9)12-14(10(16)5-6-20)11(7-21-12)19-13(17)18/h1-4,11-12,15,20H,5-7H2,(H,17,18)/t11-,12-/m1/s1. The van der Waals surface area contributed by atoms with E-state index in [-0.39, 0.29) is 18.1 Å². The number of hydrogen-bond donors (Lipinski definition) is 3. The summed E-state index contributed by atoms with van der Waals surface area (Å²) in [5.74, 6) is 0.487. The molecule has 1 saturated heterocycles. The van der Waals surface area contributed by atoms with Crippen LogP contribution in [0.3, 0.4) is 0 Å². The molecule has 0 unspecified atom stereocenters. The molecule has 21 heavy (non-hydrogen) atoms. The van der Waals surface area contributed by atoms with Crippen LogP contribution in [0.5, 0.6) is 5.75 Å². The van der Waals surface area contributed by atoms with Crippen molar-refractivity contribution in [1.82, 2.24) is 4.90 Å². The average Bonchev–Trinajstić information content (AvgIpc) is 2.82. The Hall–Kier alpha value is -1.54. The second-order valence-corrected chi connectivity index (χ2v) is 5.92. The first-order chi connectivity index (χ1) is 10.0. The second-order valence-electron chi connectivity index (χ2n) is 4.36. The third kappa shape index (κ3) is 3.56. The summed E-state index contributed by atoms with van der Waals surface area (Å²) in [4.78, 5) is 24.4. The third-order valence-corrected chi connectivity index (χ3v) is 4.51. The minimum Gasteiger partial charge on any atom is -0.508 e. The molecule has 0 saturated carbocycles. The lowest BCUT2D eigenvalue weighted by molar-refractivity contribution is -0.140. The van der Waals surface area contributed by atoms with Crippen LogP contribution in [0, 0.1) is 0 Å². The van der Waals surface area contributed by atoms with Gasteiger partial charge in [0.25, 0.3) is 0 Å². The van der Waals surface area contributed by atoms with Gasteiger partial charge in [-0.1, -0.05) is 18.2 Å². The zero-order valence-corrected chi connectivity index (χ0v) is 12.7. The lowest BCUT2D eigenvalue weighted by atomic mass is 10.1. The average molecular weight is 329 g/mol. The molecule has 1 aliphatic heterocycles. The molecule has 0 radical (unpaired) electrons. The van der Waals surface area contributed by atoms with E-state index in [1.54, 1.807) is 18.2 Å². The van der Waals surface area contributed by atoms with Crippen LogP contribution in [0.15, 0.2) is 24.3 Å². The number of para-hydroxylation sites is 1. The van der Waals surface area contributed by atoms with Crippen molar-refractivity contribution in [2.45, 2.75) is 18.0 Å². The number of thioether (sulfide) groups is 1. The Balaban J connectivity index is 2.29. The molecular formula is C13H15NO5S2. The van der Waals surface area contributed by atoms with E-state index in [0.717, 1.165) is 0 Å². The number of phenolic OH excluding ortho intramolecular Hbond substituents is 1. The molecule has 0 aromatic heterocycles. The van der Waals surface area contributed by atoms with Gasteiger partial charge in [-0.3, -0.25) is 9.69 Å². The number of carbonyl (C=O) groups is 2. The molecular weight excluding hydrogens is 314 g/mol. The highest BCUT2D eigenvalue weighted by atomic mass is 32.2. The fraction of sp³-hybridized carbons (Fsp3) is 0.385. The maximum absolute atomic E-state index is 12.2. The van der Waals surface area contributed by atoms with Crippen molar-refractivity contribution in [2.24, 2.45) is 0 Å². The summed E-state index contributed by atoms with van der Waals surface area (Å²) in [7, 11) is 0. The van der Waals surface area contributed by atoms with Crippen LogP contribution < -0.4 is 0 Å². The minimum atomic E-state index is -1.43. The lowest BCUT2D eigenvalue weighted by Gasteiger charge is -2.28. The van der Waals surface area contributed by atoms with Gasteiger partial charge < -0.3 is 14.9 Å². The number of thiol groups is 1. The Morgan fingerprint density at radius 1 is 1.43 bits per heavy atom. The van der Waals surface area contributed by atoms with E-state index < -0.39 is 17.8 Å². The first kappa shape index (κ1) is 15.8. The van der Waals surface area contributed by atoms with Crippen LogP contribution in [0.2, 0.25) is 0 Å². The molecule has 6 nitrogen and oxygen atoms in total. The largest absolute Gasteiger partial charge is 0.508 e. The van der Waals surface area contributed by atoms with Crippen LogP contribution in [0.4, 0.5) is 4.79 Å². The van der Waals surface area contributed by atoms with Gasteiger partial charge in [0.05, 0.1) is 5.75 Å². The smallest absolute Gasteiger partial charge is 0.507 e. The number of phenols is 1. The van der Waals surface area contributed by atoms with E-state index in [4.69, 9.17) is 9.84 Å². The first-order valence-electron chi connectivity index (χ1n) is 6.25. The van der Waals surface area contributed by atoms with Gasteiger partial charge in [-0.2, -0.15) is 12.6 Å². The van der Waals surface area contributed by atoms with Crippen molar-refractivity contribution in [3.05, 3.63) is 29.8 Å².